The zero-order valence-corrected chi connectivity index (χ0v) is 15.3. The lowest BCUT2D eigenvalue weighted by molar-refractivity contribution is 0.0345. The van der Waals surface area contributed by atoms with E-state index < -0.39 is 6.10 Å². The third-order valence-electron chi connectivity index (χ3n) is 4.94. The Morgan fingerprint density at radius 2 is 1.93 bits per heavy atom. The molecule has 0 radical (unpaired) electrons. The molecule has 2 atom stereocenters. The first kappa shape index (κ1) is 18.3. The molecule has 1 aliphatic heterocycles. The van der Waals surface area contributed by atoms with Crippen LogP contribution >= 0.6 is 0 Å². The van der Waals surface area contributed by atoms with E-state index in [4.69, 9.17) is 0 Å². The number of carbonyl (C=O) groups is 1. The van der Waals surface area contributed by atoms with Gasteiger partial charge in [-0.3, -0.25) is 19.2 Å². The largest absolute Gasteiger partial charge is 0.390 e. The van der Waals surface area contributed by atoms with Gasteiger partial charge in [0.05, 0.1) is 17.8 Å². The number of β-amino-alcohol motifs (C(OH)–C–C–N with tert-alkyl or cyclic N) is 1. The smallest absolute Gasteiger partial charge is 0.251 e. The molecule has 0 bridgehead atoms. The van der Waals surface area contributed by atoms with Gasteiger partial charge < -0.3 is 10.4 Å². The average molecular weight is 378 g/mol. The Bertz CT molecular complexity index is 898. The van der Waals surface area contributed by atoms with Crippen molar-refractivity contribution in [3.8, 4) is 5.69 Å². The van der Waals surface area contributed by atoms with E-state index in [0.29, 0.717) is 25.1 Å². The predicted octanol–water partition coefficient (Wildman–Crippen LogP) is 1.03. The second kappa shape index (κ2) is 8.28. The Labute approximate surface area is 162 Å². The van der Waals surface area contributed by atoms with Gasteiger partial charge in [-0.15, -0.1) is 10.2 Å². The fourth-order valence-corrected chi connectivity index (χ4v) is 3.40. The Hall–Kier alpha value is -3.10. The lowest BCUT2D eigenvalue weighted by Crippen LogP contribution is -2.53. The predicted molar refractivity (Wildman–Crippen MR) is 103 cm³/mol. The van der Waals surface area contributed by atoms with Gasteiger partial charge in [0.2, 0.25) is 0 Å². The number of hydrogen-bond donors (Lipinski definition) is 2. The number of pyridine rings is 1. The van der Waals surface area contributed by atoms with Crippen LogP contribution < -0.4 is 5.32 Å². The number of aromatic nitrogens is 4. The second-order valence-corrected chi connectivity index (χ2v) is 6.91. The molecule has 3 heterocycles. The fraction of sp³-hybridized carbons (Fsp3) is 0.300. The third-order valence-corrected chi connectivity index (χ3v) is 4.94. The van der Waals surface area contributed by atoms with Crippen molar-refractivity contribution in [1.29, 1.82) is 0 Å². The van der Waals surface area contributed by atoms with Crippen LogP contribution in [-0.4, -0.2) is 60.9 Å². The van der Waals surface area contributed by atoms with Crippen LogP contribution in [0.2, 0.25) is 0 Å². The number of hydrogen-bond acceptors (Lipinski definition) is 6. The summed E-state index contributed by atoms with van der Waals surface area (Å²) in [5.41, 5.74) is 2.41. The van der Waals surface area contributed by atoms with E-state index in [0.717, 1.165) is 17.9 Å². The minimum Gasteiger partial charge on any atom is -0.390 e. The van der Waals surface area contributed by atoms with Crippen LogP contribution in [0.15, 0.2) is 61.3 Å². The highest BCUT2D eigenvalue weighted by atomic mass is 16.3. The maximum Gasteiger partial charge on any atom is 0.251 e. The number of rotatable bonds is 5. The van der Waals surface area contributed by atoms with Crippen molar-refractivity contribution in [2.45, 2.75) is 25.1 Å². The fourth-order valence-electron chi connectivity index (χ4n) is 3.40. The van der Waals surface area contributed by atoms with Gasteiger partial charge in [0.25, 0.3) is 5.91 Å². The third kappa shape index (κ3) is 4.24. The van der Waals surface area contributed by atoms with Gasteiger partial charge in [-0.1, -0.05) is 6.07 Å². The molecule has 1 aromatic carbocycles. The number of aliphatic hydroxyl groups is 1. The molecule has 1 fully saturated rings. The molecule has 0 aliphatic carbocycles. The molecule has 3 aromatic rings. The summed E-state index contributed by atoms with van der Waals surface area (Å²) in [6, 6.07) is 12.8. The number of nitrogens with one attached hydrogen (secondary N) is 1. The SMILES string of the molecule is O=C(N[C@@H]1CCN(Cc2ccccn2)C[C@H]1O)c1ccc(-n2cnnc2)cc1. The number of aliphatic hydroxyl groups excluding tert-OH is 1. The molecule has 2 N–H and O–H groups in total. The normalized spacial score (nSPS) is 20.0. The Balaban J connectivity index is 1.32. The van der Waals surface area contributed by atoms with Crippen LogP contribution in [0.3, 0.4) is 0 Å². The monoisotopic (exact) mass is 378 g/mol. The van der Waals surface area contributed by atoms with Crippen molar-refractivity contribution in [3.63, 3.8) is 0 Å². The maximum absolute atomic E-state index is 12.6. The number of benzene rings is 1. The van der Waals surface area contributed by atoms with Crippen molar-refractivity contribution in [2.75, 3.05) is 13.1 Å². The van der Waals surface area contributed by atoms with Crippen molar-refractivity contribution in [3.05, 3.63) is 72.6 Å². The zero-order valence-electron chi connectivity index (χ0n) is 15.3. The molecule has 1 saturated heterocycles. The number of amides is 1. The molecule has 144 valence electrons. The summed E-state index contributed by atoms with van der Waals surface area (Å²) in [4.78, 5) is 19.0. The molecule has 1 aliphatic rings. The molecule has 8 heteroatoms. The molecule has 0 saturated carbocycles. The average Bonchev–Trinajstić information content (AvgIpc) is 3.26. The van der Waals surface area contributed by atoms with Gasteiger partial charge in [-0.25, -0.2) is 0 Å². The molecule has 1 amide bonds. The number of carbonyl (C=O) groups excluding carboxylic acids is 1. The van der Waals surface area contributed by atoms with E-state index >= 15 is 0 Å². The van der Waals surface area contributed by atoms with Crippen LogP contribution in [0.25, 0.3) is 5.69 Å². The molecule has 8 nitrogen and oxygen atoms in total. The Morgan fingerprint density at radius 1 is 1.14 bits per heavy atom. The van der Waals surface area contributed by atoms with E-state index in [9.17, 15) is 9.90 Å². The van der Waals surface area contributed by atoms with Gasteiger partial charge in [0.1, 0.15) is 12.7 Å². The summed E-state index contributed by atoms with van der Waals surface area (Å²) in [5, 5.41) is 21.0. The molecular weight excluding hydrogens is 356 g/mol. The van der Waals surface area contributed by atoms with Gasteiger partial charge in [-0.05, 0) is 42.8 Å². The first-order chi connectivity index (χ1) is 13.7. The van der Waals surface area contributed by atoms with E-state index in [2.05, 4.69) is 25.4 Å². The summed E-state index contributed by atoms with van der Waals surface area (Å²) in [7, 11) is 0. The molecule has 28 heavy (non-hydrogen) atoms. The van der Waals surface area contributed by atoms with Crippen molar-refractivity contribution >= 4 is 5.91 Å². The van der Waals surface area contributed by atoms with E-state index in [1.54, 1.807) is 35.6 Å². The maximum atomic E-state index is 12.6. The van der Waals surface area contributed by atoms with Crippen molar-refractivity contribution in [2.24, 2.45) is 0 Å². The molecular formula is C20H22N6O2. The van der Waals surface area contributed by atoms with Crippen molar-refractivity contribution in [1.82, 2.24) is 30.0 Å². The quantitative estimate of drug-likeness (QED) is 0.688. The Morgan fingerprint density at radius 3 is 2.61 bits per heavy atom. The van der Waals surface area contributed by atoms with E-state index in [1.807, 2.05) is 30.3 Å². The highest BCUT2D eigenvalue weighted by Gasteiger charge is 2.29. The highest BCUT2D eigenvalue weighted by molar-refractivity contribution is 5.94. The molecule has 0 spiro atoms. The highest BCUT2D eigenvalue weighted by Crippen LogP contribution is 2.15. The van der Waals surface area contributed by atoms with Gasteiger partial charge in [0, 0.05) is 37.1 Å². The number of piperidine rings is 1. The van der Waals surface area contributed by atoms with E-state index in [-0.39, 0.29) is 11.9 Å². The van der Waals surface area contributed by atoms with Gasteiger partial charge in [0.15, 0.2) is 0 Å². The van der Waals surface area contributed by atoms with Crippen LogP contribution in [0.1, 0.15) is 22.5 Å². The molecule has 0 unspecified atom stereocenters. The second-order valence-electron chi connectivity index (χ2n) is 6.91. The minimum atomic E-state index is -0.613. The van der Waals surface area contributed by atoms with Crippen LogP contribution in [0.4, 0.5) is 0 Å². The zero-order chi connectivity index (χ0) is 19.3. The van der Waals surface area contributed by atoms with Gasteiger partial charge >= 0.3 is 0 Å². The molecule has 4 rings (SSSR count). The van der Waals surface area contributed by atoms with Crippen LogP contribution in [-0.2, 0) is 6.54 Å². The van der Waals surface area contributed by atoms with Gasteiger partial charge in [-0.2, -0.15) is 0 Å². The van der Waals surface area contributed by atoms with E-state index in [1.165, 1.54) is 0 Å². The summed E-state index contributed by atoms with van der Waals surface area (Å²) >= 11 is 0. The first-order valence-corrected chi connectivity index (χ1v) is 9.25. The standard InChI is InChI=1S/C20H22N6O2/c27-19-12-25(11-16-3-1-2-9-21-16)10-8-18(19)24-20(28)15-4-6-17(7-5-15)26-13-22-23-14-26/h1-7,9,13-14,18-19,27H,8,10-12H2,(H,24,28)/t18-,19-/m1/s1. The number of nitrogens with zero attached hydrogens (tertiary/aromatic N) is 5. The lowest BCUT2D eigenvalue weighted by atomic mass is 10.0. The first-order valence-electron chi connectivity index (χ1n) is 9.25. The minimum absolute atomic E-state index is 0.183. The summed E-state index contributed by atoms with van der Waals surface area (Å²) in [5.74, 6) is -0.183. The van der Waals surface area contributed by atoms with Crippen LogP contribution in [0, 0.1) is 0 Å². The van der Waals surface area contributed by atoms with Crippen LogP contribution in [0.5, 0.6) is 0 Å². The van der Waals surface area contributed by atoms with Crippen molar-refractivity contribution < 1.29 is 9.90 Å². The topological polar surface area (TPSA) is 96.2 Å². The lowest BCUT2D eigenvalue weighted by Gasteiger charge is -2.36. The number of likely N-dealkylation sites (tertiary alicyclic amines) is 1. The summed E-state index contributed by atoms with van der Waals surface area (Å²) in [6.45, 7) is 2.00. The summed E-state index contributed by atoms with van der Waals surface area (Å²) in [6.07, 6.45) is 5.05. The Kier molecular flexibility index (Phi) is 5.41. The summed E-state index contributed by atoms with van der Waals surface area (Å²) < 4.78 is 1.77. The molecule has 2 aromatic heterocycles.